The number of nitrogens with zero attached hydrogens (tertiary/aromatic N) is 1. The molecule has 0 spiro atoms. The van der Waals surface area contributed by atoms with Crippen molar-refractivity contribution >= 4 is 0 Å². The van der Waals surface area contributed by atoms with Crippen LogP contribution in [0.1, 0.15) is 66.2 Å². The summed E-state index contributed by atoms with van der Waals surface area (Å²) in [5.41, 5.74) is 0.279. The van der Waals surface area contributed by atoms with Crippen molar-refractivity contribution in [3.63, 3.8) is 0 Å². The molecule has 0 radical (unpaired) electrons. The molecule has 1 saturated carbocycles. The third-order valence-corrected chi connectivity index (χ3v) is 4.61. The highest BCUT2D eigenvalue weighted by molar-refractivity contribution is 4.82. The van der Waals surface area contributed by atoms with E-state index in [4.69, 9.17) is 0 Å². The predicted molar refractivity (Wildman–Crippen MR) is 76.5 cm³/mol. The van der Waals surface area contributed by atoms with Gasteiger partial charge in [-0.15, -0.1) is 0 Å². The van der Waals surface area contributed by atoms with Crippen molar-refractivity contribution in [2.24, 2.45) is 0 Å². The SMILES string of the molecule is CCC(C)(C)NCC(C)N(C)C1CCCCC1. The summed E-state index contributed by atoms with van der Waals surface area (Å²) in [5.74, 6) is 0. The number of likely N-dealkylation sites (N-methyl/N-ethyl adjacent to an activating group) is 1. The third kappa shape index (κ3) is 4.97. The first-order valence-corrected chi connectivity index (χ1v) is 7.43. The van der Waals surface area contributed by atoms with E-state index < -0.39 is 0 Å². The van der Waals surface area contributed by atoms with Crippen LogP contribution in [0.15, 0.2) is 0 Å². The van der Waals surface area contributed by atoms with Crippen LogP contribution in [0.25, 0.3) is 0 Å². The minimum Gasteiger partial charge on any atom is -0.310 e. The second kappa shape index (κ2) is 6.75. The average Bonchev–Trinajstić information content (AvgIpc) is 2.36. The molecule has 0 heterocycles. The van der Waals surface area contributed by atoms with Crippen LogP contribution in [0, 0.1) is 0 Å². The van der Waals surface area contributed by atoms with Gasteiger partial charge >= 0.3 is 0 Å². The Morgan fingerprint density at radius 1 is 1.24 bits per heavy atom. The molecule has 102 valence electrons. The predicted octanol–water partition coefficient (Wildman–Crippen LogP) is 3.42. The van der Waals surface area contributed by atoms with Gasteiger partial charge in [0.25, 0.3) is 0 Å². The Morgan fingerprint density at radius 3 is 2.35 bits per heavy atom. The quantitative estimate of drug-likeness (QED) is 0.765. The second-order valence-electron chi connectivity index (χ2n) is 6.42. The molecule has 0 aromatic carbocycles. The first-order chi connectivity index (χ1) is 7.96. The normalized spacial score (nSPS) is 20.8. The molecule has 1 N–H and O–H groups in total. The second-order valence-corrected chi connectivity index (χ2v) is 6.42. The Hall–Kier alpha value is -0.0800. The fourth-order valence-corrected chi connectivity index (χ4v) is 2.54. The number of hydrogen-bond donors (Lipinski definition) is 1. The molecule has 0 saturated heterocycles. The van der Waals surface area contributed by atoms with Crippen molar-refractivity contribution in [2.45, 2.75) is 83.8 Å². The van der Waals surface area contributed by atoms with Gasteiger partial charge in [-0.3, -0.25) is 4.90 Å². The van der Waals surface area contributed by atoms with E-state index >= 15 is 0 Å². The highest BCUT2D eigenvalue weighted by atomic mass is 15.2. The minimum atomic E-state index is 0.279. The summed E-state index contributed by atoms with van der Waals surface area (Å²) in [5, 5.41) is 3.69. The standard InChI is InChI=1S/C15H32N2/c1-6-15(3,4)16-12-13(2)17(5)14-10-8-7-9-11-14/h13-14,16H,6-12H2,1-5H3. The van der Waals surface area contributed by atoms with E-state index in [1.54, 1.807) is 0 Å². The summed E-state index contributed by atoms with van der Waals surface area (Å²) in [7, 11) is 2.31. The zero-order chi connectivity index (χ0) is 12.9. The van der Waals surface area contributed by atoms with E-state index in [9.17, 15) is 0 Å². The molecule has 1 unspecified atom stereocenters. The van der Waals surface area contributed by atoms with Crippen LogP contribution in [0.3, 0.4) is 0 Å². The Labute approximate surface area is 108 Å². The summed E-state index contributed by atoms with van der Waals surface area (Å²) < 4.78 is 0. The lowest BCUT2D eigenvalue weighted by atomic mass is 9.93. The van der Waals surface area contributed by atoms with E-state index in [1.807, 2.05) is 0 Å². The van der Waals surface area contributed by atoms with Crippen LogP contribution in [-0.4, -0.2) is 36.1 Å². The van der Waals surface area contributed by atoms with Crippen molar-refractivity contribution in [1.82, 2.24) is 10.2 Å². The molecule has 0 aliphatic heterocycles. The maximum atomic E-state index is 3.69. The summed E-state index contributed by atoms with van der Waals surface area (Å²) in [6.45, 7) is 10.3. The van der Waals surface area contributed by atoms with Gasteiger partial charge in [-0.05, 0) is 47.1 Å². The maximum Gasteiger partial charge on any atom is 0.0192 e. The average molecular weight is 240 g/mol. The first-order valence-electron chi connectivity index (χ1n) is 7.43. The Morgan fingerprint density at radius 2 is 1.82 bits per heavy atom. The molecule has 1 aliphatic rings. The lowest BCUT2D eigenvalue weighted by Crippen LogP contribution is -2.49. The fraction of sp³-hybridized carbons (Fsp3) is 1.00. The Kier molecular flexibility index (Phi) is 5.94. The number of nitrogens with one attached hydrogen (secondary N) is 1. The molecule has 2 heteroatoms. The van der Waals surface area contributed by atoms with Gasteiger partial charge in [0, 0.05) is 24.2 Å². The molecule has 1 atom stereocenters. The zero-order valence-corrected chi connectivity index (χ0v) is 12.6. The van der Waals surface area contributed by atoms with Crippen LogP contribution >= 0.6 is 0 Å². The Balaban J connectivity index is 2.33. The molecule has 17 heavy (non-hydrogen) atoms. The molecular weight excluding hydrogens is 208 g/mol. The van der Waals surface area contributed by atoms with Crippen LogP contribution in [0.4, 0.5) is 0 Å². The fourth-order valence-electron chi connectivity index (χ4n) is 2.54. The van der Waals surface area contributed by atoms with Crippen molar-refractivity contribution in [2.75, 3.05) is 13.6 Å². The molecule has 2 nitrogen and oxygen atoms in total. The topological polar surface area (TPSA) is 15.3 Å². The van der Waals surface area contributed by atoms with Crippen molar-refractivity contribution in [3.8, 4) is 0 Å². The summed E-state index contributed by atoms with van der Waals surface area (Å²) in [6, 6.07) is 1.47. The van der Waals surface area contributed by atoms with Gasteiger partial charge < -0.3 is 5.32 Å². The molecule has 1 aliphatic carbocycles. The maximum absolute atomic E-state index is 3.69. The monoisotopic (exact) mass is 240 g/mol. The van der Waals surface area contributed by atoms with E-state index in [-0.39, 0.29) is 5.54 Å². The van der Waals surface area contributed by atoms with Crippen molar-refractivity contribution in [3.05, 3.63) is 0 Å². The highest BCUT2D eigenvalue weighted by Gasteiger charge is 2.23. The van der Waals surface area contributed by atoms with Gasteiger partial charge in [0.1, 0.15) is 0 Å². The molecule has 0 aromatic heterocycles. The third-order valence-electron chi connectivity index (χ3n) is 4.61. The van der Waals surface area contributed by atoms with Gasteiger partial charge in [-0.2, -0.15) is 0 Å². The molecular formula is C15H32N2. The molecule has 1 fully saturated rings. The Bertz CT molecular complexity index is 207. The van der Waals surface area contributed by atoms with Crippen LogP contribution in [0.2, 0.25) is 0 Å². The van der Waals surface area contributed by atoms with Crippen LogP contribution in [-0.2, 0) is 0 Å². The van der Waals surface area contributed by atoms with E-state index in [1.165, 1.54) is 38.5 Å². The lowest BCUT2D eigenvalue weighted by molar-refractivity contribution is 0.138. The first kappa shape index (κ1) is 15.0. The summed E-state index contributed by atoms with van der Waals surface area (Å²) in [4.78, 5) is 2.60. The zero-order valence-electron chi connectivity index (χ0n) is 12.6. The molecule has 0 aromatic rings. The van der Waals surface area contributed by atoms with Crippen molar-refractivity contribution < 1.29 is 0 Å². The van der Waals surface area contributed by atoms with Crippen LogP contribution in [0.5, 0.6) is 0 Å². The smallest absolute Gasteiger partial charge is 0.0192 e. The molecule has 1 rings (SSSR count). The van der Waals surface area contributed by atoms with E-state index in [0.29, 0.717) is 6.04 Å². The minimum absolute atomic E-state index is 0.279. The highest BCUT2D eigenvalue weighted by Crippen LogP contribution is 2.23. The van der Waals surface area contributed by atoms with E-state index in [0.717, 1.165) is 12.6 Å². The summed E-state index contributed by atoms with van der Waals surface area (Å²) >= 11 is 0. The molecule has 0 amide bonds. The van der Waals surface area contributed by atoms with E-state index in [2.05, 4.69) is 45.0 Å². The van der Waals surface area contributed by atoms with Gasteiger partial charge in [0.15, 0.2) is 0 Å². The summed E-state index contributed by atoms with van der Waals surface area (Å²) in [6.07, 6.45) is 8.29. The number of rotatable bonds is 6. The van der Waals surface area contributed by atoms with Gasteiger partial charge in [-0.1, -0.05) is 26.2 Å². The van der Waals surface area contributed by atoms with Crippen molar-refractivity contribution in [1.29, 1.82) is 0 Å². The molecule has 0 bridgehead atoms. The van der Waals surface area contributed by atoms with Crippen LogP contribution < -0.4 is 5.32 Å². The van der Waals surface area contributed by atoms with Gasteiger partial charge in [-0.25, -0.2) is 0 Å². The number of hydrogen-bond acceptors (Lipinski definition) is 2. The van der Waals surface area contributed by atoms with Gasteiger partial charge in [0.05, 0.1) is 0 Å². The largest absolute Gasteiger partial charge is 0.310 e. The van der Waals surface area contributed by atoms with Gasteiger partial charge in [0.2, 0.25) is 0 Å². The lowest BCUT2D eigenvalue weighted by Gasteiger charge is -2.37.